The Morgan fingerprint density at radius 1 is 1.19 bits per heavy atom. The highest BCUT2D eigenvalue weighted by molar-refractivity contribution is 8.03. The van der Waals surface area contributed by atoms with Crippen molar-refractivity contribution in [1.82, 2.24) is 0 Å². The zero-order chi connectivity index (χ0) is 18.9. The molecule has 27 heavy (non-hydrogen) atoms. The summed E-state index contributed by atoms with van der Waals surface area (Å²) in [5.41, 5.74) is 1.50. The SMILES string of the molecule is COCC12C=CCC(Sc3ccccc3C(=N)c3ccccc3F)=CC1C2. The Morgan fingerprint density at radius 3 is 2.70 bits per heavy atom. The van der Waals surface area contributed by atoms with Crippen molar-refractivity contribution < 1.29 is 9.13 Å². The third kappa shape index (κ3) is 3.64. The fourth-order valence-corrected chi connectivity index (χ4v) is 4.86. The van der Waals surface area contributed by atoms with Crippen molar-refractivity contribution in [2.75, 3.05) is 13.7 Å². The van der Waals surface area contributed by atoms with Crippen molar-refractivity contribution in [2.45, 2.75) is 17.7 Å². The summed E-state index contributed by atoms with van der Waals surface area (Å²) in [5.74, 6) is 0.165. The second-order valence-electron chi connectivity index (χ2n) is 7.17. The molecule has 2 aromatic rings. The zero-order valence-corrected chi connectivity index (χ0v) is 16.1. The van der Waals surface area contributed by atoms with E-state index < -0.39 is 0 Å². The molecule has 0 radical (unpaired) electrons. The lowest BCUT2D eigenvalue weighted by atomic mass is 10.0. The molecule has 2 aromatic carbocycles. The van der Waals surface area contributed by atoms with E-state index in [-0.39, 0.29) is 16.9 Å². The molecule has 0 saturated heterocycles. The summed E-state index contributed by atoms with van der Waals surface area (Å²) < 4.78 is 19.6. The standard InChI is InChI=1S/C23H22FNOS/c1-26-15-23-12-6-7-17(13-16(23)14-23)27-21-11-5-3-9-19(21)22(25)18-8-2-4-10-20(18)24/h2-6,8-13,16,25H,7,14-15H2,1H3. The Labute approximate surface area is 163 Å². The fourth-order valence-electron chi connectivity index (χ4n) is 3.74. The second-order valence-corrected chi connectivity index (χ2v) is 8.34. The van der Waals surface area contributed by atoms with Gasteiger partial charge in [-0.05, 0) is 41.9 Å². The van der Waals surface area contributed by atoms with Gasteiger partial charge >= 0.3 is 0 Å². The zero-order valence-electron chi connectivity index (χ0n) is 15.2. The summed E-state index contributed by atoms with van der Waals surface area (Å²) >= 11 is 1.69. The summed E-state index contributed by atoms with van der Waals surface area (Å²) in [4.78, 5) is 2.27. The van der Waals surface area contributed by atoms with E-state index in [0.717, 1.165) is 29.9 Å². The number of hydrogen-bond donors (Lipinski definition) is 1. The maximum absolute atomic E-state index is 14.2. The maximum Gasteiger partial charge on any atom is 0.132 e. The lowest BCUT2D eigenvalue weighted by Gasteiger charge is -2.12. The van der Waals surface area contributed by atoms with Crippen molar-refractivity contribution >= 4 is 17.5 Å². The van der Waals surface area contributed by atoms with E-state index in [0.29, 0.717) is 11.5 Å². The molecule has 138 valence electrons. The number of fused-ring (bicyclic) bond motifs is 1. The van der Waals surface area contributed by atoms with Gasteiger partial charge in [0, 0.05) is 28.5 Å². The summed E-state index contributed by atoms with van der Waals surface area (Å²) in [6.45, 7) is 0.761. The van der Waals surface area contributed by atoms with Crippen LogP contribution in [0.1, 0.15) is 24.0 Å². The highest BCUT2D eigenvalue weighted by Crippen LogP contribution is 2.57. The molecule has 2 aliphatic carbocycles. The minimum absolute atomic E-state index is 0.177. The van der Waals surface area contributed by atoms with Gasteiger partial charge in [-0.1, -0.05) is 60.3 Å². The van der Waals surface area contributed by atoms with Gasteiger partial charge in [0.2, 0.25) is 0 Å². The maximum atomic E-state index is 14.2. The smallest absolute Gasteiger partial charge is 0.132 e. The molecule has 0 aliphatic heterocycles. The number of allylic oxidation sites excluding steroid dienone is 3. The van der Waals surface area contributed by atoms with Crippen LogP contribution in [0.5, 0.6) is 0 Å². The van der Waals surface area contributed by atoms with Crippen LogP contribution in [0, 0.1) is 22.6 Å². The molecule has 0 spiro atoms. The van der Waals surface area contributed by atoms with Crippen LogP contribution in [0.3, 0.4) is 0 Å². The van der Waals surface area contributed by atoms with Gasteiger partial charge in [-0.2, -0.15) is 0 Å². The monoisotopic (exact) mass is 379 g/mol. The molecule has 1 N–H and O–H groups in total. The molecule has 1 saturated carbocycles. The predicted molar refractivity (Wildman–Crippen MR) is 109 cm³/mol. The number of ether oxygens (including phenoxy) is 1. The van der Waals surface area contributed by atoms with Crippen LogP contribution in [0.15, 0.2) is 76.6 Å². The van der Waals surface area contributed by atoms with Crippen molar-refractivity contribution in [3.63, 3.8) is 0 Å². The fraction of sp³-hybridized carbons (Fsp3) is 0.261. The van der Waals surface area contributed by atoms with Crippen LogP contribution >= 0.6 is 11.8 Å². The number of hydrogen-bond acceptors (Lipinski definition) is 3. The first-order valence-electron chi connectivity index (χ1n) is 9.11. The van der Waals surface area contributed by atoms with Crippen molar-refractivity contribution in [1.29, 1.82) is 5.41 Å². The summed E-state index contributed by atoms with van der Waals surface area (Å²) in [6.07, 6.45) is 8.91. The summed E-state index contributed by atoms with van der Waals surface area (Å²) in [7, 11) is 1.76. The van der Waals surface area contributed by atoms with E-state index in [1.54, 1.807) is 37.1 Å². The van der Waals surface area contributed by atoms with Gasteiger partial charge < -0.3 is 4.74 Å². The molecular weight excluding hydrogens is 357 g/mol. The number of thioether (sulfide) groups is 1. The molecule has 2 unspecified atom stereocenters. The summed E-state index contributed by atoms with van der Waals surface area (Å²) in [5, 5.41) is 8.54. The minimum atomic E-state index is -0.360. The first kappa shape index (κ1) is 18.2. The van der Waals surface area contributed by atoms with E-state index in [4.69, 9.17) is 10.1 Å². The Balaban J connectivity index is 1.60. The number of methoxy groups -OCH3 is 1. The second kappa shape index (κ2) is 7.45. The van der Waals surface area contributed by atoms with E-state index in [1.807, 2.05) is 24.3 Å². The predicted octanol–water partition coefficient (Wildman–Crippen LogP) is 5.83. The van der Waals surface area contributed by atoms with Crippen LogP contribution in [-0.2, 0) is 4.74 Å². The van der Waals surface area contributed by atoms with Gasteiger partial charge in [0.25, 0.3) is 0 Å². The lowest BCUT2D eigenvalue weighted by molar-refractivity contribution is 0.157. The normalized spacial score (nSPS) is 23.3. The minimum Gasteiger partial charge on any atom is -0.384 e. The van der Waals surface area contributed by atoms with Crippen LogP contribution < -0.4 is 0 Å². The van der Waals surface area contributed by atoms with E-state index in [1.165, 1.54) is 11.0 Å². The molecule has 2 atom stereocenters. The van der Waals surface area contributed by atoms with Crippen LogP contribution in [0.2, 0.25) is 0 Å². The van der Waals surface area contributed by atoms with Gasteiger partial charge in [-0.25, -0.2) is 4.39 Å². The quantitative estimate of drug-likeness (QED) is 0.506. The van der Waals surface area contributed by atoms with Gasteiger partial charge in [-0.15, -0.1) is 0 Å². The topological polar surface area (TPSA) is 33.1 Å². The van der Waals surface area contributed by atoms with Crippen molar-refractivity contribution in [3.8, 4) is 0 Å². The molecule has 4 rings (SSSR count). The number of benzene rings is 2. The molecule has 1 fully saturated rings. The molecule has 4 heteroatoms. The van der Waals surface area contributed by atoms with E-state index >= 15 is 0 Å². The number of rotatable bonds is 6. The van der Waals surface area contributed by atoms with Crippen molar-refractivity contribution in [3.05, 3.63) is 88.6 Å². The van der Waals surface area contributed by atoms with E-state index in [9.17, 15) is 4.39 Å². The molecule has 2 nitrogen and oxygen atoms in total. The van der Waals surface area contributed by atoms with E-state index in [2.05, 4.69) is 18.2 Å². The van der Waals surface area contributed by atoms with Gasteiger partial charge in [0.15, 0.2) is 0 Å². The number of nitrogens with one attached hydrogen (secondary N) is 1. The average molecular weight is 380 g/mol. The first-order valence-corrected chi connectivity index (χ1v) is 9.93. The Morgan fingerprint density at radius 2 is 1.93 bits per heavy atom. The molecule has 0 amide bonds. The Kier molecular flexibility index (Phi) is 5.02. The number of halogens is 1. The molecule has 0 aromatic heterocycles. The lowest BCUT2D eigenvalue weighted by Crippen LogP contribution is -2.07. The van der Waals surface area contributed by atoms with Crippen LogP contribution in [-0.4, -0.2) is 19.4 Å². The highest BCUT2D eigenvalue weighted by Gasteiger charge is 2.51. The summed E-state index contributed by atoms with van der Waals surface area (Å²) in [6, 6.07) is 14.3. The third-order valence-electron chi connectivity index (χ3n) is 5.29. The average Bonchev–Trinajstić information content (AvgIpc) is 3.35. The Bertz CT molecular complexity index is 935. The van der Waals surface area contributed by atoms with Gasteiger partial charge in [-0.3, -0.25) is 5.41 Å². The highest BCUT2D eigenvalue weighted by atomic mass is 32.2. The van der Waals surface area contributed by atoms with Crippen LogP contribution in [0.25, 0.3) is 0 Å². The van der Waals surface area contributed by atoms with Crippen LogP contribution in [0.4, 0.5) is 4.39 Å². The molecular formula is C23H22FNOS. The van der Waals surface area contributed by atoms with Gasteiger partial charge in [0.05, 0.1) is 12.3 Å². The third-order valence-corrected chi connectivity index (χ3v) is 6.43. The first-order chi connectivity index (χ1) is 13.1. The molecule has 0 heterocycles. The van der Waals surface area contributed by atoms with Crippen molar-refractivity contribution in [2.24, 2.45) is 11.3 Å². The largest absolute Gasteiger partial charge is 0.384 e. The Hall–Kier alpha value is -2.17. The van der Waals surface area contributed by atoms with Gasteiger partial charge in [0.1, 0.15) is 5.82 Å². The molecule has 2 aliphatic rings. The molecule has 0 bridgehead atoms.